The summed E-state index contributed by atoms with van der Waals surface area (Å²) in [5.74, 6) is 0. The third-order valence-corrected chi connectivity index (χ3v) is 3.22. The van der Waals surface area contributed by atoms with Gasteiger partial charge in [0.15, 0.2) is 0 Å². The molecule has 3 heteroatoms. The van der Waals surface area contributed by atoms with Crippen LogP contribution in [0.1, 0.15) is 16.7 Å². The maximum Gasteiger partial charge on any atom is 0.135 e. The molecule has 2 aromatic rings. The Balaban J connectivity index is 2.38. The Morgan fingerprint density at radius 3 is 2.94 bits per heavy atom. The molecule has 80 valence electrons. The molecule has 1 aromatic heterocycles. The number of ether oxygens (including phenoxy) is 1. The average Bonchev–Trinajstić information content (AvgIpc) is 2.78. The lowest BCUT2D eigenvalue weighted by atomic mass is 10.0. The Morgan fingerprint density at radius 1 is 1.31 bits per heavy atom. The molecule has 0 amide bonds. The van der Waals surface area contributed by atoms with Gasteiger partial charge in [-0.05, 0) is 17.2 Å². The molecule has 1 aliphatic rings. The molecule has 3 rings (SSSR count). The summed E-state index contributed by atoms with van der Waals surface area (Å²) >= 11 is 6.13. The number of nitrogens with zero attached hydrogens (tertiary/aromatic N) is 1. The molecule has 0 N–H and O–H groups in total. The molecule has 0 bridgehead atoms. The van der Waals surface area contributed by atoms with Gasteiger partial charge in [0.05, 0.1) is 18.7 Å². The molecule has 1 aliphatic heterocycles. The van der Waals surface area contributed by atoms with Gasteiger partial charge in [-0.3, -0.25) is 0 Å². The van der Waals surface area contributed by atoms with Gasteiger partial charge in [0.2, 0.25) is 0 Å². The maximum atomic E-state index is 6.13. The van der Waals surface area contributed by atoms with Crippen molar-refractivity contribution in [3.8, 4) is 0 Å². The van der Waals surface area contributed by atoms with Crippen LogP contribution in [0.5, 0.6) is 0 Å². The molecule has 0 spiro atoms. The minimum atomic E-state index is 0.557. The number of benzene rings is 1. The molecule has 0 aliphatic carbocycles. The highest BCUT2D eigenvalue weighted by atomic mass is 35.5. The first-order chi connectivity index (χ1) is 7.79. The zero-order valence-electron chi connectivity index (χ0n) is 8.66. The highest BCUT2D eigenvalue weighted by Crippen LogP contribution is 2.32. The maximum absolute atomic E-state index is 6.13. The molecule has 0 radical (unpaired) electrons. The zero-order chi connectivity index (χ0) is 11.1. The van der Waals surface area contributed by atoms with Crippen molar-refractivity contribution in [2.24, 2.45) is 0 Å². The van der Waals surface area contributed by atoms with Gasteiger partial charge in [-0.1, -0.05) is 36.4 Å². The van der Waals surface area contributed by atoms with Crippen LogP contribution in [0.4, 0.5) is 0 Å². The highest BCUT2D eigenvalue weighted by Gasteiger charge is 2.19. The van der Waals surface area contributed by atoms with Crippen molar-refractivity contribution in [1.82, 2.24) is 4.98 Å². The van der Waals surface area contributed by atoms with Crippen LogP contribution in [0.15, 0.2) is 24.8 Å². The number of fused-ring (bicyclic) bond motifs is 3. The van der Waals surface area contributed by atoms with Gasteiger partial charge in [-0.2, -0.15) is 0 Å². The van der Waals surface area contributed by atoms with Crippen molar-refractivity contribution >= 4 is 28.6 Å². The first kappa shape index (κ1) is 9.82. The molecule has 0 fully saturated rings. The molecule has 0 unspecified atom stereocenters. The van der Waals surface area contributed by atoms with Gasteiger partial charge in [-0.15, -0.1) is 0 Å². The third kappa shape index (κ3) is 1.34. The summed E-state index contributed by atoms with van der Waals surface area (Å²) in [6, 6.07) is 6.08. The number of pyridine rings is 1. The minimum absolute atomic E-state index is 0.557. The van der Waals surface area contributed by atoms with E-state index in [1.165, 1.54) is 5.56 Å². The van der Waals surface area contributed by atoms with E-state index in [4.69, 9.17) is 16.3 Å². The quantitative estimate of drug-likeness (QED) is 0.700. The number of hydrogen-bond donors (Lipinski definition) is 0. The fourth-order valence-electron chi connectivity index (χ4n) is 2.05. The van der Waals surface area contributed by atoms with Crippen LogP contribution in [-0.2, 0) is 18.0 Å². The molecule has 1 aromatic carbocycles. The molecule has 2 nitrogen and oxygen atoms in total. The van der Waals surface area contributed by atoms with Crippen LogP contribution in [-0.4, -0.2) is 4.98 Å². The van der Waals surface area contributed by atoms with Gasteiger partial charge < -0.3 is 4.74 Å². The standard InChI is InChI=1S/C13H10ClNO/c1-2-8-3-4-9-10-6-16-7-11(10)13(14)15-12(9)5-8/h2-5H,1,6-7H2. The molecule has 2 heterocycles. The lowest BCUT2D eigenvalue weighted by Crippen LogP contribution is -1.91. The second-order valence-electron chi connectivity index (χ2n) is 3.83. The lowest BCUT2D eigenvalue weighted by Gasteiger charge is -2.06. The monoisotopic (exact) mass is 231 g/mol. The first-order valence-corrected chi connectivity index (χ1v) is 5.48. The van der Waals surface area contributed by atoms with E-state index >= 15 is 0 Å². The Bertz CT molecular complexity index is 592. The number of hydrogen-bond acceptors (Lipinski definition) is 2. The first-order valence-electron chi connectivity index (χ1n) is 5.11. The third-order valence-electron chi connectivity index (χ3n) is 2.91. The number of halogens is 1. The second-order valence-corrected chi connectivity index (χ2v) is 4.19. The molecule has 0 saturated heterocycles. The Morgan fingerprint density at radius 2 is 2.12 bits per heavy atom. The summed E-state index contributed by atoms with van der Waals surface area (Å²) in [6.45, 7) is 4.94. The van der Waals surface area contributed by atoms with E-state index in [0.717, 1.165) is 22.0 Å². The summed E-state index contributed by atoms with van der Waals surface area (Å²) in [5, 5.41) is 1.68. The van der Waals surface area contributed by atoms with E-state index in [2.05, 4.69) is 17.6 Å². The second kappa shape index (κ2) is 3.58. The largest absolute Gasteiger partial charge is 0.372 e. The van der Waals surface area contributed by atoms with Crippen LogP contribution in [0, 0.1) is 0 Å². The van der Waals surface area contributed by atoms with Crippen molar-refractivity contribution in [1.29, 1.82) is 0 Å². The van der Waals surface area contributed by atoms with E-state index in [1.54, 1.807) is 6.08 Å². The van der Waals surface area contributed by atoms with Crippen LogP contribution in [0.25, 0.3) is 17.0 Å². The van der Waals surface area contributed by atoms with E-state index in [-0.39, 0.29) is 0 Å². The highest BCUT2D eigenvalue weighted by molar-refractivity contribution is 6.30. The van der Waals surface area contributed by atoms with Crippen molar-refractivity contribution in [3.05, 3.63) is 46.6 Å². The normalized spacial score (nSPS) is 14.1. The SMILES string of the molecule is C=Cc1ccc2c3c(c(Cl)nc2c1)COC3. The van der Waals surface area contributed by atoms with Gasteiger partial charge in [0, 0.05) is 10.9 Å². The summed E-state index contributed by atoms with van der Waals surface area (Å²) in [4.78, 5) is 4.39. The van der Waals surface area contributed by atoms with Gasteiger partial charge >= 0.3 is 0 Å². The van der Waals surface area contributed by atoms with Crippen LogP contribution in [0.2, 0.25) is 5.15 Å². The van der Waals surface area contributed by atoms with E-state index in [1.807, 2.05) is 12.1 Å². The Labute approximate surface area is 98.5 Å². The van der Waals surface area contributed by atoms with E-state index in [0.29, 0.717) is 18.4 Å². The lowest BCUT2D eigenvalue weighted by molar-refractivity contribution is 0.135. The van der Waals surface area contributed by atoms with Crippen molar-refractivity contribution < 1.29 is 4.74 Å². The van der Waals surface area contributed by atoms with Crippen molar-refractivity contribution in [3.63, 3.8) is 0 Å². The molecule has 0 saturated carbocycles. The fraction of sp³-hybridized carbons (Fsp3) is 0.154. The summed E-state index contributed by atoms with van der Waals surface area (Å²) in [7, 11) is 0. The number of rotatable bonds is 1. The zero-order valence-corrected chi connectivity index (χ0v) is 9.42. The van der Waals surface area contributed by atoms with Gasteiger partial charge in [0.1, 0.15) is 5.15 Å². The molecule has 0 atom stereocenters. The van der Waals surface area contributed by atoms with Crippen LogP contribution < -0.4 is 0 Å². The molecule has 16 heavy (non-hydrogen) atoms. The summed E-state index contributed by atoms with van der Waals surface area (Å²) in [6.07, 6.45) is 1.80. The van der Waals surface area contributed by atoms with Crippen LogP contribution in [0.3, 0.4) is 0 Å². The van der Waals surface area contributed by atoms with Crippen molar-refractivity contribution in [2.45, 2.75) is 13.2 Å². The molecular formula is C13H10ClNO. The van der Waals surface area contributed by atoms with E-state index < -0.39 is 0 Å². The Hall–Kier alpha value is -1.38. The predicted molar refractivity (Wildman–Crippen MR) is 65.3 cm³/mol. The van der Waals surface area contributed by atoms with Crippen molar-refractivity contribution in [2.75, 3.05) is 0 Å². The summed E-state index contributed by atoms with van der Waals surface area (Å²) in [5.41, 5.74) is 4.16. The predicted octanol–water partition coefficient (Wildman–Crippen LogP) is 3.56. The van der Waals surface area contributed by atoms with Gasteiger partial charge in [-0.25, -0.2) is 4.98 Å². The van der Waals surface area contributed by atoms with Crippen LogP contribution >= 0.6 is 11.6 Å². The smallest absolute Gasteiger partial charge is 0.135 e. The fourth-order valence-corrected chi connectivity index (χ4v) is 2.31. The Kier molecular flexibility index (Phi) is 2.20. The molecular weight excluding hydrogens is 222 g/mol. The average molecular weight is 232 g/mol. The topological polar surface area (TPSA) is 22.1 Å². The summed E-state index contributed by atoms with van der Waals surface area (Å²) < 4.78 is 5.42. The van der Waals surface area contributed by atoms with E-state index in [9.17, 15) is 0 Å². The van der Waals surface area contributed by atoms with Gasteiger partial charge in [0.25, 0.3) is 0 Å². The minimum Gasteiger partial charge on any atom is -0.372 e. The number of aromatic nitrogens is 1.